The van der Waals surface area contributed by atoms with Gasteiger partial charge in [0, 0.05) is 25.6 Å². The van der Waals surface area contributed by atoms with Crippen molar-refractivity contribution in [3.05, 3.63) is 59.4 Å². The summed E-state index contributed by atoms with van der Waals surface area (Å²) in [5.41, 5.74) is 2.39. The fraction of sp³-hybridized carbons (Fsp3) is 0.350. The SMILES string of the molecule is CN=C(NCc1ccc(F)cc1)NCC1(c2ccc3c(c2)OCO3)CC1. The van der Waals surface area contributed by atoms with E-state index in [2.05, 4.69) is 27.8 Å². The number of rotatable bonds is 5. The van der Waals surface area contributed by atoms with Crippen LogP contribution >= 0.6 is 0 Å². The molecule has 1 fully saturated rings. The fourth-order valence-electron chi connectivity index (χ4n) is 3.21. The first kappa shape index (κ1) is 16.7. The van der Waals surface area contributed by atoms with Crippen LogP contribution in [0.3, 0.4) is 0 Å². The highest BCUT2D eigenvalue weighted by Gasteiger charge is 2.44. The van der Waals surface area contributed by atoms with Gasteiger partial charge in [-0.25, -0.2) is 4.39 Å². The molecule has 1 saturated carbocycles. The predicted octanol–water partition coefficient (Wildman–Crippen LogP) is 2.95. The second kappa shape index (κ2) is 6.86. The van der Waals surface area contributed by atoms with Crippen LogP contribution in [0.25, 0.3) is 0 Å². The molecule has 0 radical (unpaired) electrons. The zero-order chi connectivity index (χ0) is 18.0. The molecule has 2 aromatic carbocycles. The van der Waals surface area contributed by atoms with Crippen molar-refractivity contribution in [1.82, 2.24) is 10.6 Å². The van der Waals surface area contributed by atoms with Crippen molar-refractivity contribution in [3.63, 3.8) is 0 Å². The summed E-state index contributed by atoms with van der Waals surface area (Å²) in [5.74, 6) is 2.15. The highest BCUT2D eigenvalue weighted by atomic mass is 19.1. The van der Waals surface area contributed by atoms with Crippen LogP contribution in [0.5, 0.6) is 11.5 Å². The van der Waals surface area contributed by atoms with Crippen molar-refractivity contribution in [2.75, 3.05) is 20.4 Å². The number of hydrogen-bond acceptors (Lipinski definition) is 3. The Morgan fingerprint density at radius 3 is 2.58 bits per heavy atom. The minimum absolute atomic E-state index is 0.120. The zero-order valence-corrected chi connectivity index (χ0v) is 14.7. The molecule has 0 amide bonds. The largest absolute Gasteiger partial charge is 0.454 e. The quantitative estimate of drug-likeness (QED) is 0.640. The average molecular weight is 355 g/mol. The van der Waals surface area contributed by atoms with E-state index < -0.39 is 0 Å². The molecule has 1 heterocycles. The predicted molar refractivity (Wildman–Crippen MR) is 98.1 cm³/mol. The summed E-state index contributed by atoms with van der Waals surface area (Å²) in [6, 6.07) is 12.7. The molecule has 5 nitrogen and oxygen atoms in total. The van der Waals surface area contributed by atoms with Crippen LogP contribution in [0.4, 0.5) is 4.39 Å². The molecule has 4 rings (SSSR count). The van der Waals surface area contributed by atoms with Gasteiger partial charge in [-0.05, 0) is 48.2 Å². The fourth-order valence-corrected chi connectivity index (χ4v) is 3.21. The molecule has 2 N–H and O–H groups in total. The standard InChI is InChI=1S/C20H22FN3O2/c1-22-19(23-11-14-2-5-16(21)6-3-14)24-12-20(8-9-20)15-4-7-17-18(10-15)26-13-25-17/h2-7,10H,8-9,11-13H2,1H3,(H2,22,23,24). The van der Waals surface area contributed by atoms with Gasteiger partial charge < -0.3 is 20.1 Å². The van der Waals surface area contributed by atoms with E-state index in [4.69, 9.17) is 9.47 Å². The van der Waals surface area contributed by atoms with Crippen LogP contribution in [0, 0.1) is 5.82 Å². The minimum atomic E-state index is -0.226. The lowest BCUT2D eigenvalue weighted by Gasteiger charge is -2.19. The summed E-state index contributed by atoms with van der Waals surface area (Å²) in [6.07, 6.45) is 2.27. The Hall–Kier alpha value is -2.76. The van der Waals surface area contributed by atoms with Gasteiger partial charge in [0.25, 0.3) is 0 Å². The van der Waals surface area contributed by atoms with Gasteiger partial charge in [-0.1, -0.05) is 18.2 Å². The maximum atomic E-state index is 13.0. The summed E-state index contributed by atoms with van der Waals surface area (Å²) >= 11 is 0. The lowest BCUT2D eigenvalue weighted by Crippen LogP contribution is -2.40. The molecule has 136 valence electrons. The Bertz CT molecular complexity index is 816. The van der Waals surface area contributed by atoms with Gasteiger partial charge in [0.15, 0.2) is 17.5 Å². The maximum Gasteiger partial charge on any atom is 0.231 e. The topological polar surface area (TPSA) is 54.9 Å². The number of benzene rings is 2. The molecular formula is C20H22FN3O2. The molecule has 0 saturated heterocycles. The number of halogens is 1. The molecule has 26 heavy (non-hydrogen) atoms. The number of ether oxygens (including phenoxy) is 2. The van der Waals surface area contributed by atoms with Gasteiger partial charge in [-0.15, -0.1) is 0 Å². The van der Waals surface area contributed by atoms with E-state index in [1.807, 2.05) is 6.07 Å². The van der Waals surface area contributed by atoms with E-state index in [1.165, 1.54) is 17.7 Å². The molecule has 1 aliphatic carbocycles. The third-order valence-electron chi connectivity index (χ3n) is 5.03. The first-order chi connectivity index (χ1) is 12.7. The summed E-state index contributed by atoms with van der Waals surface area (Å²) in [4.78, 5) is 4.28. The van der Waals surface area contributed by atoms with Crippen LogP contribution in [0.15, 0.2) is 47.5 Å². The van der Waals surface area contributed by atoms with Crippen molar-refractivity contribution >= 4 is 5.96 Å². The molecule has 0 aromatic heterocycles. The highest BCUT2D eigenvalue weighted by Crippen LogP contribution is 2.49. The van der Waals surface area contributed by atoms with Gasteiger partial charge in [0.2, 0.25) is 6.79 Å². The molecular weight excluding hydrogens is 333 g/mol. The van der Waals surface area contributed by atoms with E-state index in [9.17, 15) is 4.39 Å². The van der Waals surface area contributed by atoms with Crippen LogP contribution in [0.1, 0.15) is 24.0 Å². The lowest BCUT2D eigenvalue weighted by molar-refractivity contribution is 0.174. The van der Waals surface area contributed by atoms with E-state index >= 15 is 0 Å². The molecule has 1 aliphatic heterocycles. The van der Waals surface area contributed by atoms with Crippen molar-refractivity contribution in [3.8, 4) is 11.5 Å². The number of fused-ring (bicyclic) bond motifs is 1. The van der Waals surface area contributed by atoms with Crippen molar-refractivity contribution in [2.24, 2.45) is 4.99 Å². The molecule has 6 heteroatoms. The van der Waals surface area contributed by atoms with Gasteiger partial charge in [-0.2, -0.15) is 0 Å². The minimum Gasteiger partial charge on any atom is -0.454 e. The van der Waals surface area contributed by atoms with E-state index in [-0.39, 0.29) is 11.2 Å². The molecule has 0 atom stereocenters. The summed E-state index contributed by atoms with van der Waals surface area (Å²) in [7, 11) is 1.75. The number of aliphatic imine (C=N–C) groups is 1. The number of guanidine groups is 1. The third-order valence-corrected chi connectivity index (χ3v) is 5.03. The van der Waals surface area contributed by atoms with Gasteiger partial charge in [0.05, 0.1) is 0 Å². The third kappa shape index (κ3) is 3.45. The normalized spacial score (nSPS) is 17.1. The van der Waals surface area contributed by atoms with Crippen molar-refractivity contribution in [1.29, 1.82) is 0 Å². The first-order valence-electron chi connectivity index (χ1n) is 8.78. The zero-order valence-electron chi connectivity index (χ0n) is 14.7. The Morgan fingerprint density at radius 1 is 1.08 bits per heavy atom. The Kier molecular flexibility index (Phi) is 4.41. The molecule has 0 unspecified atom stereocenters. The smallest absolute Gasteiger partial charge is 0.231 e. The number of hydrogen-bond donors (Lipinski definition) is 2. The summed E-state index contributed by atoms with van der Waals surface area (Å²) in [6.45, 7) is 1.69. The Balaban J connectivity index is 1.35. The van der Waals surface area contributed by atoms with Crippen LogP contribution in [0.2, 0.25) is 0 Å². The number of nitrogens with one attached hydrogen (secondary N) is 2. The molecule has 2 aromatic rings. The second-order valence-electron chi connectivity index (χ2n) is 6.75. The van der Waals surface area contributed by atoms with Crippen LogP contribution < -0.4 is 20.1 Å². The van der Waals surface area contributed by atoms with Crippen molar-refractivity contribution in [2.45, 2.75) is 24.8 Å². The summed E-state index contributed by atoms with van der Waals surface area (Å²) in [5, 5.41) is 6.68. The molecule has 0 spiro atoms. The Morgan fingerprint density at radius 2 is 1.85 bits per heavy atom. The van der Waals surface area contributed by atoms with Gasteiger partial charge >= 0.3 is 0 Å². The highest BCUT2D eigenvalue weighted by molar-refractivity contribution is 5.79. The average Bonchev–Trinajstić information content (AvgIpc) is 3.31. The second-order valence-corrected chi connectivity index (χ2v) is 6.75. The molecule has 2 aliphatic rings. The van der Waals surface area contributed by atoms with E-state index in [1.54, 1.807) is 19.2 Å². The van der Waals surface area contributed by atoms with Gasteiger partial charge in [-0.3, -0.25) is 4.99 Å². The lowest BCUT2D eigenvalue weighted by atomic mass is 9.95. The van der Waals surface area contributed by atoms with E-state index in [0.717, 1.165) is 42.4 Å². The number of nitrogens with zero attached hydrogens (tertiary/aromatic N) is 1. The maximum absolute atomic E-state index is 13.0. The summed E-state index contributed by atoms with van der Waals surface area (Å²) < 4.78 is 23.9. The van der Waals surface area contributed by atoms with Crippen LogP contribution in [-0.2, 0) is 12.0 Å². The monoisotopic (exact) mass is 355 g/mol. The van der Waals surface area contributed by atoms with Crippen LogP contribution in [-0.4, -0.2) is 26.3 Å². The van der Waals surface area contributed by atoms with Crippen molar-refractivity contribution < 1.29 is 13.9 Å². The first-order valence-corrected chi connectivity index (χ1v) is 8.78. The Labute approximate surface area is 152 Å². The van der Waals surface area contributed by atoms with E-state index in [0.29, 0.717) is 13.3 Å². The molecule has 0 bridgehead atoms. The van der Waals surface area contributed by atoms with Gasteiger partial charge in [0.1, 0.15) is 5.82 Å².